The molecule has 0 aliphatic heterocycles. The van der Waals surface area contributed by atoms with Crippen LogP contribution in [0.15, 0.2) is 39.9 Å². The molecule has 0 saturated heterocycles. The predicted molar refractivity (Wildman–Crippen MR) is 108 cm³/mol. The molecule has 3 heterocycles. The van der Waals surface area contributed by atoms with Crippen molar-refractivity contribution in [3.63, 3.8) is 0 Å². The van der Waals surface area contributed by atoms with Gasteiger partial charge < -0.3 is 10.3 Å². The van der Waals surface area contributed by atoms with Gasteiger partial charge in [0.05, 0.1) is 23.1 Å². The molecule has 0 fully saturated rings. The Morgan fingerprint density at radius 3 is 2.78 bits per heavy atom. The number of anilines is 1. The maximum Gasteiger partial charge on any atom is 0.261 e. The first-order valence-electron chi connectivity index (χ1n) is 8.27. The van der Waals surface area contributed by atoms with Gasteiger partial charge in [-0.2, -0.15) is 5.10 Å². The number of aromatic amines is 1. The topological polar surface area (TPSA) is 92.7 Å². The lowest BCUT2D eigenvalue weighted by molar-refractivity contribution is 0.102. The Kier molecular flexibility index (Phi) is 4.07. The maximum atomic E-state index is 12.8. The molecular weight excluding hydrogens is 410 g/mol. The van der Waals surface area contributed by atoms with E-state index >= 15 is 0 Å². The van der Waals surface area contributed by atoms with Crippen molar-refractivity contribution in [3.8, 4) is 0 Å². The first kappa shape index (κ1) is 17.4. The number of amides is 1. The molecule has 0 atom stereocenters. The van der Waals surface area contributed by atoms with Gasteiger partial charge in [-0.05, 0) is 37.6 Å². The molecule has 8 heteroatoms. The van der Waals surface area contributed by atoms with E-state index in [9.17, 15) is 9.59 Å². The van der Waals surface area contributed by atoms with Crippen LogP contribution in [-0.2, 0) is 7.05 Å². The Labute approximate surface area is 162 Å². The average Bonchev–Trinajstić information content (AvgIpc) is 2.89. The van der Waals surface area contributed by atoms with Gasteiger partial charge in [-0.25, -0.2) is 4.98 Å². The molecule has 4 aromatic rings. The number of hydrogen-bond acceptors (Lipinski definition) is 4. The van der Waals surface area contributed by atoms with Crippen LogP contribution in [0.25, 0.3) is 21.9 Å². The Balaban J connectivity index is 1.74. The highest BCUT2D eigenvalue weighted by atomic mass is 79.9. The van der Waals surface area contributed by atoms with Crippen molar-refractivity contribution in [1.29, 1.82) is 0 Å². The highest BCUT2D eigenvalue weighted by molar-refractivity contribution is 9.10. The Bertz CT molecular complexity index is 1290. The molecule has 4 rings (SSSR count). The van der Waals surface area contributed by atoms with Gasteiger partial charge in [0.1, 0.15) is 5.56 Å². The fourth-order valence-electron chi connectivity index (χ4n) is 3.21. The minimum absolute atomic E-state index is 0.0444. The van der Waals surface area contributed by atoms with Crippen molar-refractivity contribution >= 4 is 49.5 Å². The van der Waals surface area contributed by atoms with Crippen molar-refractivity contribution in [2.24, 2.45) is 7.05 Å². The zero-order valence-electron chi connectivity index (χ0n) is 14.9. The number of carbonyl (C=O) groups excluding carboxylic acids is 1. The Hall–Kier alpha value is -3.00. The van der Waals surface area contributed by atoms with E-state index in [1.807, 2.05) is 27.0 Å². The van der Waals surface area contributed by atoms with Gasteiger partial charge in [0.2, 0.25) is 5.43 Å². The number of rotatable bonds is 2. The van der Waals surface area contributed by atoms with Gasteiger partial charge in [0.15, 0.2) is 5.65 Å². The van der Waals surface area contributed by atoms with Gasteiger partial charge in [-0.1, -0.05) is 15.9 Å². The van der Waals surface area contributed by atoms with E-state index in [2.05, 4.69) is 36.3 Å². The zero-order chi connectivity index (χ0) is 19.3. The average molecular weight is 426 g/mol. The second-order valence-corrected chi connectivity index (χ2v) is 7.35. The summed E-state index contributed by atoms with van der Waals surface area (Å²) in [5.74, 6) is -0.488. The SMILES string of the molecule is Cc1nn(C)c2ncc(NC(=O)c3c[nH]c4c(C)cc(Br)cc4c3=O)cc12. The Morgan fingerprint density at radius 1 is 1.22 bits per heavy atom. The highest BCUT2D eigenvalue weighted by Gasteiger charge is 2.16. The first-order valence-corrected chi connectivity index (χ1v) is 9.06. The van der Waals surface area contributed by atoms with Gasteiger partial charge in [0.25, 0.3) is 5.91 Å². The minimum Gasteiger partial charge on any atom is -0.360 e. The Morgan fingerprint density at radius 2 is 2.00 bits per heavy atom. The molecule has 0 saturated carbocycles. The molecule has 0 bridgehead atoms. The number of pyridine rings is 2. The monoisotopic (exact) mass is 425 g/mol. The number of H-pyrrole nitrogens is 1. The molecule has 3 aromatic heterocycles. The standard InChI is InChI=1S/C19H16BrN5O2/c1-9-4-11(20)5-14-16(9)21-8-15(17(14)26)19(27)23-12-6-13-10(2)24-25(3)18(13)22-7-12/h4-8H,1-3H3,(H,21,26)(H,23,27). The summed E-state index contributed by atoms with van der Waals surface area (Å²) in [5, 5.41) is 8.38. The number of hydrogen-bond donors (Lipinski definition) is 2. The minimum atomic E-state index is -0.488. The van der Waals surface area contributed by atoms with Crippen LogP contribution < -0.4 is 10.7 Å². The second-order valence-electron chi connectivity index (χ2n) is 6.44. The molecule has 0 radical (unpaired) electrons. The van der Waals surface area contributed by atoms with Crippen molar-refractivity contribution in [2.75, 3.05) is 5.32 Å². The second kappa shape index (κ2) is 6.31. The van der Waals surface area contributed by atoms with Crippen LogP contribution in [-0.4, -0.2) is 25.7 Å². The molecule has 1 amide bonds. The fourth-order valence-corrected chi connectivity index (χ4v) is 3.78. The van der Waals surface area contributed by atoms with Crippen LogP contribution in [0.2, 0.25) is 0 Å². The largest absolute Gasteiger partial charge is 0.360 e. The van der Waals surface area contributed by atoms with Gasteiger partial charge in [-0.15, -0.1) is 0 Å². The molecule has 0 unspecified atom stereocenters. The van der Waals surface area contributed by atoms with E-state index in [4.69, 9.17) is 0 Å². The molecule has 0 aliphatic carbocycles. The number of aromatic nitrogens is 4. The molecule has 0 aliphatic rings. The number of nitrogens with zero attached hydrogens (tertiary/aromatic N) is 3. The predicted octanol–water partition coefficient (Wildman–Crippen LogP) is 3.44. The van der Waals surface area contributed by atoms with Crippen LogP contribution in [0.5, 0.6) is 0 Å². The number of nitrogens with one attached hydrogen (secondary N) is 2. The summed E-state index contributed by atoms with van der Waals surface area (Å²) in [4.78, 5) is 32.9. The van der Waals surface area contributed by atoms with Crippen LogP contribution in [0, 0.1) is 13.8 Å². The number of halogens is 1. The van der Waals surface area contributed by atoms with E-state index in [1.165, 1.54) is 6.20 Å². The summed E-state index contributed by atoms with van der Waals surface area (Å²) in [5.41, 5.74) is 3.42. The van der Waals surface area contributed by atoms with Gasteiger partial charge in [0, 0.05) is 28.5 Å². The van der Waals surface area contributed by atoms with E-state index in [1.54, 1.807) is 23.0 Å². The lowest BCUT2D eigenvalue weighted by Crippen LogP contribution is -2.22. The summed E-state index contributed by atoms with van der Waals surface area (Å²) in [6, 6.07) is 5.43. The van der Waals surface area contributed by atoms with E-state index in [0.717, 1.165) is 26.8 Å². The molecule has 0 spiro atoms. The zero-order valence-corrected chi connectivity index (χ0v) is 16.5. The molecule has 2 N–H and O–H groups in total. The smallest absolute Gasteiger partial charge is 0.261 e. The van der Waals surface area contributed by atoms with Crippen molar-refractivity contribution in [2.45, 2.75) is 13.8 Å². The molecular formula is C19H16BrN5O2. The normalized spacial score (nSPS) is 11.3. The summed E-state index contributed by atoms with van der Waals surface area (Å²) in [6.45, 7) is 3.78. The number of benzene rings is 1. The molecule has 27 heavy (non-hydrogen) atoms. The lowest BCUT2D eigenvalue weighted by Gasteiger charge is -2.08. The van der Waals surface area contributed by atoms with E-state index < -0.39 is 5.91 Å². The third-order valence-corrected chi connectivity index (χ3v) is 4.97. The number of aryl methyl sites for hydroxylation is 3. The van der Waals surface area contributed by atoms with Gasteiger partial charge >= 0.3 is 0 Å². The maximum absolute atomic E-state index is 12.8. The molecule has 136 valence electrons. The summed E-state index contributed by atoms with van der Waals surface area (Å²) >= 11 is 3.40. The molecule has 1 aromatic carbocycles. The van der Waals surface area contributed by atoms with Crippen LogP contribution in [0.3, 0.4) is 0 Å². The third-order valence-electron chi connectivity index (χ3n) is 4.52. The third kappa shape index (κ3) is 2.91. The van der Waals surface area contributed by atoms with E-state index in [0.29, 0.717) is 16.6 Å². The van der Waals surface area contributed by atoms with Crippen molar-refractivity contribution in [1.82, 2.24) is 19.7 Å². The van der Waals surface area contributed by atoms with E-state index in [-0.39, 0.29) is 11.0 Å². The van der Waals surface area contributed by atoms with Crippen LogP contribution >= 0.6 is 15.9 Å². The first-order chi connectivity index (χ1) is 12.8. The van der Waals surface area contributed by atoms with Crippen LogP contribution in [0.1, 0.15) is 21.6 Å². The van der Waals surface area contributed by atoms with Crippen molar-refractivity contribution < 1.29 is 4.79 Å². The van der Waals surface area contributed by atoms with Crippen LogP contribution in [0.4, 0.5) is 5.69 Å². The number of fused-ring (bicyclic) bond motifs is 2. The summed E-state index contributed by atoms with van der Waals surface area (Å²) < 4.78 is 2.47. The molecule has 7 nitrogen and oxygen atoms in total. The fraction of sp³-hybridized carbons (Fsp3) is 0.158. The van der Waals surface area contributed by atoms with Gasteiger partial charge in [-0.3, -0.25) is 14.3 Å². The lowest BCUT2D eigenvalue weighted by atomic mass is 10.1. The van der Waals surface area contributed by atoms with Crippen molar-refractivity contribution in [3.05, 3.63) is 62.1 Å². The quantitative estimate of drug-likeness (QED) is 0.514. The summed E-state index contributed by atoms with van der Waals surface area (Å²) in [7, 11) is 1.81. The number of carbonyl (C=O) groups is 1. The highest BCUT2D eigenvalue weighted by Crippen LogP contribution is 2.22. The summed E-state index contributed by atoms with van der Waals surface area (Å²) in [6.07, 6.45) is 3.00.